The van der Waals surface area contributed by atoms with Gasteiger partial charge in [0.2, 0.25) is 0 Å². The number of fused-ring (bicyclic) bond motifs is 2. The van der Waals surface area contributed by atoms with Crippen molar-refractivity contribution >= 4 is 27.8 Å². The molecular formula is C18H16N4O. The Kier molecular flexibility index (Phi) is 3.12. The number of imidazole rings is 1. The monoisotopic (exact) mass is 304 g/mol. The Hall–Kier alpha value is -3.08. The van der Waals surface area contributed by atoms with Gasteiger partial charge in [-0.3, -0.25) is 4.79 Å². The topological polar surface area (TPSA) is 73.6 Å². The normalized spacial score (nSPS) is 11.2. The van der Waals surface area contributed by atoms with E-state index in [0.29, 0.717) is 12.1 Å². The lowest BCUT2D eigenvalue weighted by Crippen LogP contribution is -2.22. The zero-order valence-corrected chi connectivity index (χ0v) is 12.7. The zero-order valence-electron chi connectivity index (χ0n) is 12.7. The van der Waals surface area contributed by atoms with Gasteiger partial charge in [-0.1, -0.05) is 6.07 Å². The summed E-state index contributed by atoms with van der Waals surface area (Å²) < 4.78 is 0. The number of nitrogens with one attached hydrogen (secondary N) is 3. The van der Waals surface area contributed by atoms with E-state index < -0.39 is 0 Å². The molecule has 23 heavy (non-hydrogen) atoms. The molecule has 1 amide bonds. The summed E-state index contributed by atoms with van der Waals surface area (Å²) in [6.07, 6.45) is 1.63. The maximum atomic E-state index is 12.3. The molecule has 0 unspecified atom stereocenters. The predicted octanol–water partition coefficient (Wildman–Crippen LogP) is 3.28. The van der Waals surface area contributed by atoms with Crippen LogP contribution in [0.5, 0.6) is 0 Å². The molecule has 3 N–H and O–H groups in total. The van der Waals surface area contributed by atoms with Crippen LogP contribution in [0.25, 0.3) is 21.9 Å². The number of aromatic amines is 2. The van der Waals surface area contributed by atoms with Gasteiger partial charge in [-0.2, -0.15) is 0 Å². The number of hydrogen-bond acceptors (Lipinski definition) is 2. The number of H-pyrrole nitrogens is 2. The van der Waals surface area contributed by atoms with Crippen LogP contribution in [0, 0.1) is 6.92 Å². The van der Waals surface area contributed by atoms with E-state index in [1.54, 1.807) is 12.4 Å². The largest absolute Gasteiger partial charge is 0.359 e. The van der Waals surface area contributed by atoms with Gasteiger partial charge in [0.1, 0.15) is 0 Å². The number of carbonyl (C=O) groups excluding carboxylic acids is 1. The minimum atomic E-state index is -0.0909. The van der Waals surface area contributed by atoms with Crippen LogP contribution in [0.15, 0.2) is 48.8 Å². The van der Waals surface area contributed by atoms with Crippen LogP contribution in [0.1, 0.15) is 21.6 Å². The predicted molar refractivity (Wildman–Crippen MR) is 90.3 cm³/mol. The van der Waals surface area contributed by atoms with Crippen molar-refractivity contribution in [1.82, 2.24) is 20.3 Å². The van der Waals surface area contributed by atoms with E-state index in [1.807, 2.05) is 31.2 Å². The van der Waals surface area contributed by atoms with Crippen LogP contribution in [-0.4, -0.2) is 20.9 Å². The molecule has 0 fully saturated rings. The maximum Gasteiger partial charge on any atom is 0.251 e. The Morgan fingerprint density at radius 1 is 1.13 bits per heavy atom. The number of hydrogen-bond donors (Lipinski definition) is 3. The molecule has 0 atom stereocenters. The van der Waals surface area contributed by atoms with E-state index in [4.69, 9.17) is 0 Å². The van der Waals surface area contributed by atoms with Crippen LogP contribution in [0.3, 0.4) is 0 Å². The molecular weight excluding hydrogens is 288 g/mol. The fraction of sp³-hybridized carbons (Fsp3) is 0.111. The zero-order chi connectivity index (χ0) is 15.8. The van der Waals surface area contributed by atoms with Crippen molar-refractivity contribution in [2.45, 2.75) is 13.5 Å². The summed E-state index contributed by atoms with van der Waals surface area (Å²) in [5, 5.41) is 4.12. The standard InChI is InChI=1S/C18H16N4O/c1-11-6-14-7-12(2-4-15(14)22-11)9-19-18(23)13-3-5-16-17(8-13)21-10-20-16/h2-8,10,22H,9H2,1H3,(H,19,23)(H,20,21). The highest BCUT2D eigenvalue weighted by atomic mass is 16.1. The quantitative estimate of drug-likeness (QED) is 0.543. The average molecular weight is 304 g/mol. The van der Waals surface area contributed by atoms with Gasteiger partial charge in [0.25, 0.3) is 5.91 Å². The van der Waals surface area contributed by atoms with E-state index >= 15 is 0 Å². The highest BCUT2D eigenvalue weighted by molar-refractivity contribution is 5.97. The van der Waals surface area contributed by atoms with E-state index in [9.17, 15) is 4.79 Å². The minimum Gasteiger partial charge on any atom is -0.359 e. The number of aromatic nitrogens is 3. The van der Waals surface area contributed by atoms with Gasteiger partial charge in [-0.15, -0.1) is 0 Å². The number of carbonyl (C=O) groups is 1. The van der Waals surface area contributed by atoms with Gasteiger partial charge >= 0.3 is 0 Å². The van der Waals surface area contributed by atoms with Gasteiger partial charge in [0, 0.05) is 23.3 Å². The maximum absolute atomic E-state index is 12.3. The summed E-state index contributed by atoms with van der Waals surface area (Å²) in [6.45, 7) is 2.53. The molecule has 0 radical (unpaired) electrons. The number of nitrogens with zero attached hydrogens (tertiary/aromatic N) is 1. The molecule has 0 aliphatic heterocycles. The van der Waals surface area contributed by atoms with Gasteiger partial charge in [0.05, 0.1) is 17.4 Å². The lowest BCUT2D eigenvalue weighted by molar-refractivity contribution is 0.0951. The van der Waals surface area contributed by atoms with Crippen LogP contribution >= 0.6 is 0 Å². The molecule has 2 heterocycles. The first-order valence-electron chi connectivity index (χ1n) is 7.49. The first kappa shape index (κ1) is 13.6. The first-order chi connectivity index (χ1) is 11.2. The third-order valence-corrected chi connectivity index (χ3v) is 3.96. The lowest BCUT2D eigenvalue weighted by atomic mass is 10.1. The third-order valence-electron chi connectivity index (χ3n) is 3.96. The fourth-order valence-corrected chi connectivity index (χ4v) is 2.80. The Balaban J connectivity index is 1.51. The summed E-state index contributed by atoms with van der Waals surface area (Å²) in [5.41, 5.74) is 5.67. The molecule has 0 spiro atoms. The highest BCUT2D eigenvalue weighted by Gasteiger charge is 2.07. The molecule has 0 bridgehead atoms. The lowest BCUT2D eigenvalue weighted by Gasteiger charge is -2.06. The van der Waals surface area contributed by atoms with Crippen LogP contribution < -0.4 is 5.32 Å². The summed E-state index contributed by atoms with van der Waals surface area (Å²) in [5.74, 6) is -0.0909. The van der Waals surface area contributed by atoms with Crippen LogP contribution in [-0.2, 0) is 6.54 Å². The fourth-order valence-electron chi connectivity index (χ4n) is 2.80. The Labute approximate surface area is 132 Å². The van der Waals surface area contributed by atoms with Crippen molar-refractivity contribution in [2.75, 3.05) is 0 Å². The van der Waals surface area contributed by atoms with Gasteiger partial charge < -0.3 is 15.3 Å². The summed E-state index contributed by atoms with van der Waals surface area (Å²) >= 11 is 0. The molecule has 0 aliphatic carbocycles. The van der Waals surface area contributed by atoms with Crippen molar-refractivity contribution in [3.63, 3.8) is 0 Å². The number of amides is 1. The molecule has 2 aromatic carbocycles. The second kappa shape index (κ2) is 5.28. The van der Waals surface area contributed by atoms with Crippen molar-refractivity contribution in [3.05, 3.63) is 65.6 Å². The van der Waals surface area contributed by atoms with Crippen molar-refractivity contribution in [3.8, 4) is 0 Å². The second-order valence-corrected chi connectivity index (χ2v) is 5.69. The van der Waals surface area contributed by atoms with E-state index in [-0.39, 0.29) is 5.91 Å². The molecule has 4 aromatic rings. The number of rotatable bonds is 3. The molecule has 114 valence electrons. The van der Waals surface area contributed by atoms with Crippen molar-refractivity contribution in [2.24, 2.45) is 0 Å². The molecule has 0 saturated carbocycles. The van der Waals surface area contributed by atoms with Crippen molar-refractivity contribution < 1.29 is 4.79 Å². The third kappa shape index (κ3) is 2.57. The summed E-state index contributed by atoms with van der Waals surface area (Å²) in [6, 6.07) is 13.7. The average Bonchev–Trinajstić information content (AvgIpc) is 3.16. The molecule has 4 rings (SSSR count). The Morgan fingerprint density at radius 3 is 2.96 bits per heavy atom. The molecule has 0 saturated heterocycles. The van der Waals surface area contributed by atoms with E-state index in [1.165, 1.54) is 0 Å². The molecule has 5 nitrogen and oxygen atoms in total. The van der Waals surface area contributed by atoms with Gasteiger partial charge in [-0.25, -0.2) is 4.98 Å². The Bertz CT molecular complexity index is 1010. The smallest absolute Gasteiger partial charge is 0.251 e. The SMILES string of the molecule is Cc1cc2cc(CNC(=O)c3ccc4nc[nH]c4c3)ccc2[nH]1. The second-order valence-electron chi connectivity index (χ2n) is 5.69. The van der Waals surface area contributed by atoms with Gasteiger partial charge in [-0.05, 0) is 54.3 Å². The van der Waals surface area contributed by atoms with Crippen LogP contribution in [0.4, 0.5) is 0 Å². The minimum absolute atomic E-state index is 0.0909. The number of aryl methyl sites for hydroxylation is 1. The van der Waals surface area contributed by atoms with Gasteiger partial charge in [0.15, 0.2) is 0 Å². The molecule has 2 aromatic heterocycles. The summed E-state index contributed by atoms with van der Waals surface area (Å²) in [4.78, 5) is 22.8. The summed E-state index contributed by atoms with van der Waals surface area (Å²) in [7, 11) is 0. The first-order valence-corrected chi connectivity index (χ1v) is 7.49. The van der Waals surface area contributed by atoms with E-state index in [2.05, 4.69) is 32.4 Å². The highest BCUT2D eigenvalue weighted by Crippen LogP contribution is 2.17. The Morgan fingerprint density at radius 2 is 2.04 bits per heavy atom. The van der Waals surface area contributed by atoms with Crippen molar-refractivity contribution in [1.29, 1.82) is 0 Å². The number of benzene rings is 2. The van der Waals surface area contributed by atoms with E-state index in [0.717, 1.165) is 33.2 Å². The van der Waals surface area contributed by atoms with Crippen LogP contribution in [0.2, 0.25) is 0 Å². The molecule has 0 aliphatic rings. The molecule has 5 heteroatoms.